The van der Waals surface area contributed by atoms with Gasteiger partial charge in [-0.05, 0) is 19.4 Å². The smallest absolute Gasteiger partial charge is 0.0502 e. The summed E-state index contributed by atoms with van der Waals surface area (Å²) in [6.45, 7) is 3.56. The molecule has 0 aromatic heterocycles. The Kier molecular flexibility index (Phi) is 2.90. The number of aliphatic hydroxyl groups excluding tert-OH is 1. The van der Waals surface area contributed by atoms with E-state index in [1.165, 1.54) is 19.3 Å². The molecular formula is C9H19NO. The minimum Gasteiger partial charge on any atom is -0.396 e. The zero-order chi connectivity index (χ0) is 8.32. The van der Waals surface area contributed by atoms with Gasteiger partial charge in [0.2, 0.25) is 0 Å². The highest BCUT2D eigenvalue weighted by Gasteiger charge is 2.38. The molecule has 0 aromatic rings. The number of hydrogen-bond acceptors (Lipinski definition) is 2. The Morgan fingerprint density at radius 3 is 2.73 bits per heavy atom. The van der Waals surface area contributed by atoms with Crippen LogP contribution in [0.2, 0.25) is 0 Å². The highest BCUT2D eigenvalue weighted by Crippen LogP contribution is 2.42. The van der Waals surface area contributed by atoms with Gasteiger partial charge in [-0.25, -0.2) is 0 Å². The molecule has 0 aliphatic heterocycles. The molecule has 0 bridgehead atoms. The molecule has 1 aliphatic carbocycles. The Bertz CT molecular complexity index is 127. The molecule has 2 N–H and O–H groups in total. The maximum absolute atomic E-state index is 9.28. The summed E-state index contributed by atoms with van der Waals surface area (Å²) in [6, 6.07) is 0. The third kappa shape index (κ3) is 1.57. The first-order valence-electron chi connectivity index (χ1n) is 4.50. The van der Waals surface area contributed by atoms with Crippen LogP contribution < -0.4 is 5.32 Å². The van der Waals surface area contributed by atoms with E-state index in [4.69, 9.17) is 0 Å². The van der Waals surface area contributed by atoms with Crippen molar-refractivity contribution < 1.29 is 5.11 Å². The van der Waals surface area contributed by atoms with Gasteiger partial charge >= 0.3 is 0 Å². The van der Waals surface area contributed by atoms with E-state index in [2.05, 4.69) is 12.2 Å². The van der Waals surface area contributed by atoms with Crippen molar-refractivity contribution in [3.05, 3.63) is 0 Å². The molecule has 2 unspecified atom stereocenters. The first-order valence-corrected chi connectivity index (χ1v) is 4.50. The Morgan fingerprint density at radius 1 is 1.64 bits per heavy atom. The fraction of sp³-hybridized carbons (Fsp3) is 1.00. The second-order valence-corrected chi connectivity index (χ2v) is 3.84. The first-order chi connectivity index (χ1) is 5.25. The Labute approximate surface area is 69.0 Å². The molecule has 11 heavy (non-hydrogen) atoms. The van der Waals surface area contributed by atoms with Crippen molar-refractivity contribution in [2.24, 2.45) is 11.3 Å². The van der Waals surface area contributed by atoms with Gasteiger partial charge in [-0.2, -0.15) is 0 Å². The van der Waals surface area contributed by atoms with Crippen LogP contribution in [0.25, 0.3) is 0 Å². The molecule has 0 heterocycles. The van der Waals surface area contributed by atoms with Crippen molar-refractivity contribution >= 4 is 0 Å². The first kappa shape index (κ1) is 9.01. The van der Waals surface area contributed by atoms with E-state index >= 15 is 0 Å². The maximum Gasteiger partial charge on any atom is 0.0502 e. The van der Waals surface area contributed by atoms with Crippen LogP contribution in [-0.4, -0.2) is 25.3 Å². The molecule has 1 fully saturated rings. The van der Waals surface area contributed by atoms with Gasteiger partial charge in [0.1, 0.15) is 0 Å². The zero-order valence-corrected chi connectivity index (χ0v) is 7.56. The summed E-state index contributed by atoms with van der Waals surface area (Å²) >= 11 is 0. The van der Waals surface area contributed by atoms with E-state index < -0.39 is 0 Å². The summed E-state index contributed by atoms with van der Waals surface area (Å²) < 4.78 is 0. The molecule has 2 atom stereocenters. The van der Waals surface area contributed by atoms with Crippen molar-refractivity contribution in [1.29, 1.82) is 0 Å². The predicted molar refractivity (Wildman–Crippen MR) is 46.5 cm³/mol. The van der Waals surface area contributed by atoms with Crippen LogP contribution in [0.5, 0.6) is 0 Å². The second-order valence-electron chi connectivity index (χ2n) is 3.84. The molecule has 1 rings (SSSR count). The van der Waals surface area contributed by atoms with E-state index in [1.807, 2.05) is 7.05 Å². The van der Waals surface area contributed by atoms with E-state index in [9.17, 15) is 5.11 Å². The van der Waals surface area contributed by atoms with Gasteiger partial charge in [0.25, 0.3) is 0 Å². The molecular weight excluding hydrogens is 138 g/mol. The summed E-state index contributed by atoms with van der Waals surface area (Å²) in [4.78, 5) is 0. The minimum absolute atomic E-state index is 0.189. The molecule has 0 aromatic carbocycles. The number of nitrogens with one attached hydrogen (secondary N) is 1. The van der Waals surface area contributed by atoms with Crippen LogP contribution >= 0.6 is 0 Å². The molecule has 66 valence electrons. The maximum atomic E-state index is 9.28. The van der Waals surface area contributed by atoms with E-state index in [1.54, 1.807) is 0 Å². The lowest BCUT2D eigenvalue weighted by atomic mass is 9.79. The Morgan fingerprint density at radius 2 is 2.36 bits per heavy atom. The molecule has 1 aliphatic rings. The molecule has 0 amide bonds. The highest BCUT2D eigenvalue weighted by atomic mass is 16.3. The number of aliphatic hydroxyl groups is 1. The van der Waals surface area contributed by atoms with Crippen LogP contribution in [0, 0.1) is 11.3 Å². The van der Waals surface area contributed by atoms with Crippen molar-refractivity contribution in [2.75, 3.05) is 20.2 Å². The van der Waals surface area contributed by atoms with E-state index in [-0.39, 0.29) is 5.41 Å². The van der Waals surface area contributed by atoms with Gasteiger partial charge in [0, 0.05) is 12.0 Å². The third-order valence-corrected chi connectivity index (χ3v) is 3.20. The van der Waals surface area contributed by atoms with Crippen LogP contribution in [0.4, 0.5) is 0 Å². The molecule has 2 nitrogen and oxygen atoms in total. The van der Waals surface area contributed by atoms with Crippen LogP contribution in [0.3, 0.4) is 0 Å². The van der Waals surface area contributed by atoms with Gasteiger partial charge in [-0.15, -0.1) is 0 Å². The summed E-state index contributed by atoms with van der Waals surface area (Å²) in [7, 11) is 1.96. The van der Waals surface area contributed by atoms with Gasteiger partial charge in [0.15, 0.2) is 0 Å². The monoisotopic (exact) mass is 157 g/mol. The normalized spacial score (nSPS) is 37.9. The largest absolute Gasteiger partial charge is 0.396 e. The fourth-order valence-corrected chi connectivity index (χ4v) is 2.22. The van der Waals surface area contributed by atoms with Crippen LogP contribution in [-0.2, 0) is 0 Å². The fourth-order valence-electron chi connectivity index (χ4n) is 2.22. The molecule has 0 saturated heterocycles. The zero-order valence-electron chi connectivity index (χ0n) is 7.56. The average molecular weight is 157 g/mol. The number of hydrogen-bond donors (Lipinski definition) is 2. The Hall–Kier alpha value is -0.0800. The van der Waals surface area contributed by atoms with Crippen LogP contribution in [0.15, 0.2) is 0 Å². The standard InChI is InChI=1S/C9H19NO/c1-8-4-3-5-9(8,7-11)6-10-2/h8,10-11H,3-7H2,1-2H3. The lowest BCUT2D eigenvalue weighted by molar-refractivity contribution is 0.0921. The quantitative estimate of drug-likeness (QED) is 0.640. The van der Waals surface area contributed by atoms with Gasteiger partial charge < -0.3 is 10.4 Å². The molecule has 1 saturated carbocycles. The highest BCUT2D eigenvalue weighted by molar-refractivity contribution is 4.90. The van der Waals surface area contributed by atoms with Crippen molar-refractivity contribution in [3.63, 3.8) is 0 Å². The van der Waals surface area contributed by atoms with Gasteiger partial charge in [-0.3, -0.25) is 0 Å². The molecule has 2 heteroatoms. The average Bonchev–Trinajstić information content (AvgIpc) is 2.35. The third-order valence-electron chi connectivity index (χ3n) is 3.20. The SMILES string of the molecule is CNCC1(CO)CCCC1C. The summed E-state index contributed by atoms with van der Waals surface area (Å²) in [5.74, 6) is 0.681. The van der Waals surface area contributed by atoms with Crippen LogP contribution in [0.1, 0.15) is 26.2 Å². The van der Waals surface area contributed by atoms with Gasteiger partial charge in [-0.1, -0.05) is 19.8 Å². The van der Waals surface area contributed by atoms with E-state index in [0.29, 0.717) is 12.5 Å². The lowest BCUT2D eigenvalue weighted by Crippen LogP contribution is -2.38. The van der Waals surface area contributed by atoms with Crippen molar-refractivity contribution in [1.82, 2.24) is 5.32 Å². The van der Waals surface area contributed by atoms with Crippen molar-refractivity contribution in [2.45, 2.75) is 26.2 Å². The summed E-state index contributed by atoms with van der Waals surface area (Å²) in [6.07, 6.45) is 3.75. The summed E-state index contributed by atoms with van der Waals surface area (Å²) in [5.41, 5.74) is 0.189. The second kappa shape index (κ2) is 3.55. The predicted octanol–water partition coefficient (Wildman–Crippen LogP) is 1.00. The summed E-state index contributed by atoms with van der Waals surface area (Å²) in [5, 5.41) is 12.4. The lowest BCUT2D eigenvalue weighted by Gasteiger charge is -2.31. The molecule has 0 radical (unpaired) electrons. The minimum atomic E-state index is 0.189. The van der Waals surface area contributed by atoms with Crippen molar-refractivity contribution in [3.8, 4) is 0 Å². The Balaban J connectivity index is 2.57. The van der Waals surface area contributed by atoms with Gasteiger partial charge in [0.05, 0.1) is 6.61 Å². The number of rotatable bonds is 3. The van der Waals surface area contributed by atoms with E-state index in [0.717, 1.165) is 6.54 Å². The molecule has 0 spiro atoms. The topological polar surface area (TPSA) is 32.3 Å².